The Bertz CT molecular complexity index is 943. The van der Waals surface area contributed by atoms with Gasteiger partial charge in [-0.3, -0.25) is 19.8 Å². The Balaban J connectivity index is 1.66. The Morgan fingerprint density at radius 2 is 2.15 bits per heavy atom. The van der Waals surface area contributed by atoms with Gasteiger partial charge in [-0.2, -0.15) is 0 Å². The van der Waals surface area contributed by atoms with Gasteiger partial charge in [-0.1, -0.05) is 17.7 Å². The van der Waals surface area contributed by atoms with Crippen LogP contribution in [0.25, 0.3) is 0 Å². The zero-order valence-corrected chi connectivity index (χ0v) is 16.5. The van der Waals surface area contributed by atoms with E-state index < -0.39 is 11.1 Å². The second kappa shape index (κ2) is 6.78. The number of amides is 1. The highest BCUT2D eigenvalue weighted by molar-refractivity contribution is 7.16. The van der Waals surface area contributed by atoms with E-state index >= 15 is 0 Å². The Labute approximate surface area is 165 Å². The summed E-state index contributed by atoms with van der Waals surface area (Å²) in [6.45, 7) is 6.13. The van der Waals surface area contributed by atoms with Gasteiger partial charge >= 0.3 is 0 Å². The molecule has 9 heteroatoms. The van der Waals surface area contributed by atoms with Gasteiger partial charge in [-0.25, -0.2) is 0 Å². The SMILES string of the molecule is CC(C)N1CCc2c(sc3c2C(=O)NC(c2ccc(Cl)c([N+](=O)[O-])c2)N3)C1. The number of hydrogen-bond donors (Lipinski definition) is 2. The van der Waals surface area contributed by atoms with Crippen molar-refractivity contribution in [2.75, 3.05) is 11.9 Å². The van der Waals surface area contributed by atoms with E-state index in [0.29, 0.717) is 11.6 Å². The molecule has 0 aliphatic carbocycles. The first kappa shape index (κ1) is 18.2. The van der Waals surface area contributed by atoms with Crippen LogP contribution in [0.4, 0.5) is 10.7 Å². The molecule has 0 fully saturated rings. The van der Waals surface area contributed by atoms with E-state index in [-0.39, 0.29) is 16.6 Å². The molecule has 0 saturated carbocycles. The maximum Gasteiger partial charge on any atom is 0.288 e. The average Bonchev–Trinajstić information content (AvgIpc) is 2.99. The lowest BCUT2D eigenvalue weighted by molar-refractivity contribution is -0.384. The number of rotatable bonds is 3. The van der Waals surface area contributed by atoms with Crippen molar-refractivity contribution in [2.24, 2.45) is 0 Å². The predicted octanol–water partition coefficient (Wildman–Crippen LogP) is 3.93. The summed E-state index contributed by atoms with van der Waals surface area (Å²) in [4.78, 5) is 27.0. The fourth-order valence-corrected chi connectivity index (χ4v) is 5.08. The van der Waals surface area contributed by atoms with Crippen LogP contribution in [0.15, 0.2) is 18.2 Å². The lowest BCUT2D eigenvalue weighted by Crippen LogP contribution is -2.39. The number of nitro benzene ring substituents is 1. The molecule has 2 aliphatic heterocycles. The molecular formula is C18H19ClN4O3S. The van der Waals surface area contributed by atoms with Crippen LogP contribution in [0.1, 0.15) is 46.4 Å². The van der Waals surface area contributed by atoms with Gasteiger partial charge in [0.25, 0.3) is 11.6 Å². The van der Waals surface area contributed by atoms with Crippen molar-refractivity contribution in [3.05, 3.63) is 54.9 Å². The van der Waals surface area contributed by atoms with Gasteiger partial charge in [0, 0.05) is 35.6 Å². The van der Waals surface area contributed by atoms with E-state index in [1.807, 2.05) is 0 Å². The van der Waals surface area contributed by atoms with Crippen molar-refractivity contribution in [3.8, 4) is 0 Å². The topological polar surface area (TPSA) is 87.5 Å². The molecule has 142 valence electrons. The molecule has 2 N–H and O–H groups in total. The van der Waals surface area contributed by atoms with E-state index in [0.717, 1.165) is 35.6 Å². The van der Waals surface area contributed by atoms with E-state index in [1.165, 1.54) is 17.0 Å². The standard InChI is InChI=1S/C18H19ClN4O3S/c1-9(2)22-6-5-11-14(8-22)27-18-15(11)17(24)20-16(21-18)10-3-4-12(19)13(7-10)23(25)26/h3-4,7,9,16,21H,5-6,8H2,1-2H3,(H,20,24). The molecule has 1 atom stereocenters. The number of benzene rings is 1. The first-order valence-corrected chi connectivity index (χ1v) is 9.94. The third-order valence-electron chi connectivity index (χ3n) is 5.09. The Hall–Kier alpha value is -2.16. The summed E-state index contributed by atoms with van der Waals surface area (Å²) in [7, 11) is 0. The minimum Gasteiger partial charge on any atom is -0.353 e. The quantitative estimate of drug-likeness (QED) is 0.595. The zero-order chi connectivity index (χ0) is 19.3. The minimum absolute atomic E-state index is 0.0759. The highest BCUT2D eigenvalue weighted by Crippen LogP contribution is 2.41. The number of fused-ring (bicyclic) bond motifs is 3. The van der Waals surface area contributed by atoms with Gasteiger partial charge in [-0.05, 0) is 31.9 Å². The summed E-state index contributed by atoms with van der Waals surface area (Å²) in [5, 5.41) is 18.3. The molecule has 2 aromatic rings. The summed E-state index contributed by atoms with van der Waals surface area (Å²) >= 11 is 7.50. The molecule has 0 saturated heterocycles. The fraction of sp³-hybridized carbons (Fsp3) is 0.389. The smallest absolute Gasteiger partial charge is 0.288 e. The Kier molecular flexibility index (Phi) is 4.57. The molecule has 0 bridgehead atoms. The predicted molar refractivity (Wildman–Crippen MR) is 106 cm³/mol. The van der Waals surface area contributed by atoms with E-state index in [4.69, 9.17) is 11.6 Å². The van der Waals surface area contributed by atoms with Gasteiger partial charge in [0.2, 0.25) is 0 Å². The van der Waals surface area contributed by atoms with Crippen molar-refractivity contribution < 1.29 is 9.72 Å². The average molecular weight is 407 g/mol. The number of nitrogens with zero attached hydrogens (tertiary/aromatic N) is 2. The number of thiophene rings is 1. The molecule has 1 unspecified atom stereocenters. The first-order valence-electron chi connectivity index (χ1n) is 8.75. The molecule has 27 heavy (non-hydrogen) atoms. The van der Waals surface area contributed by atoms with Crippen molar-refractivity contribution in [3.63, 3.8) is 0 Å². The fourth-order valence-electron chi connectivity index (χ4n) is 3.59. The van der Waals surface area contributed by atoms with Crippen LogP contribution in [0.5, 0.6) is 0 Å². The molecular weight excluding hydrogens is 388 g/mol. The molecule has 4 rings (SSSR count). The number of carbonyl (C=O) groups excluding carboxylic acids is 1. The summed E-state index contributed by atoms with van der Waals surface area (Å²) in [6, 6.07) is 5.03. The maximum absolute atomic E-state index is 12.8. The normalized spacial score (nSPS) is 19.3. The monoisotopic (exact) mass is 406 g/mol. The van der Waals surface area contributed by atoms with E-state index in [1.54, 1.807) is 17.4 Å². The van der Waals surface area contributed by atoms with Gasteiger partial charge in [0.15, 0.2) is 0 Å². The van der Waals surface area contributed by atoms with Crippen molar-refractivity contribution in [2.45, 2.75) is 39.0 Å². The molecule has 3 heterocycles. The molecule has 0 spiro atoms. The van der Waals surface area contributed by atoms with Crippen LogP contribution >= 0.6 is 22.9 Å². The third kappa shape index (κ3) is 3.18. The van der Waals surface area contributed by atoms with Crippen LogP contribution in [-0.4, -0.2) is 28.3 Å². The van der Waals surface area contributed by atoms with Crippen molar-refractivity contribution >= 4 is 39.5 Å². The van der Waals surface area contributed by atoms with Crippen molar-refractivity contribution in [1.82, 2.24) is 10.2 Å². The lowest BCUT2D eigenvalue weighted by atomic mass is 9.99. The van der Waals surface area contributed by atoms with Crippen LogP contribution < -0.4 is 10.6 Å². The second-order valence-corrected chi connectivity index (χ2v) is 8.55. The van der Waals surface area contributed by atoms with E-state index in [9.17, 15) is 14.9 Å². The van der Waals surface area contributed by atoms with Crippen LogP contribution in [0.2, 0.25) is 5.02 Å². The largest absolute Gasteiger partial charge is 0.353 e. The third-order valence-corrected chi connectivity index (χ3v) is 6.56. The minimum atomic E-state index is -0.526. The zero-order valence-electron chi connectivity index (χ0n) is 14.9. The highest BCUT2D eigenvalue weighted by Gasteiger charge is 2.34. The first-order chi connectivity index (χ1) is 12.8. The highest BCUT2D eigenvalue weighted by atomic mass is 35.5. The van der Waals surface area contributed by atoms with Gasteiger partial charge in [0.1, 0.15) is 16.2 Å². The Morgan fingerprint density at radius 3 is 2.85 bits per heavy atom. The molecule has 1 aromatic carbocycles. The molecule has 2 aliphatic rings. The summed E-state index contributed by atoms with van der Waals surface area (Å²) in [5.74, 6) is -0.137. The van der Waals surface area contributed by atoms with Crippen LogP contribution in [-0.2, 0) is 13.0 Å². The van der Waals surface area contributed by atoms with Gasteiger partial charge in [-0.15, -0.1) is 11.3 Å². The molecule has 7 nitrogen and oxygen atoms in total. The number of hydrogen-bond acceptors (Lipinski definition) is 6. The number of nitrogens with one attached hydrogen (secondary N) is 2. The molecule has 1 aromatic heterocycles. The summed E-state index contributed by atoms with van der Waals surface area (Å²) in [5.41, 5.74) is 2.27. The van der Waals surface area contributed by atoms with Crippen LogP contribution in [0.3, 0.4) is 0 Å². The number of halogens is 1. The maximum atomic E-state index is 12.8. The summed E-state index contributed by atoms with van der Waals surface area (Å²) < 4.78 is 0. The van der Waals surface area contributed by atoms with Gasteiger partial charge < -0.3 is 10.6 Å². The summed E-state index contributed by atoms with van der Waals surface area (Å²) in [6.07, 6.45) is 0.327. The molecule has 0 radical (unpaired) electrons. The van der Waals surface area contributed by atoms with Gasteiger partial charge in [0.05, 0.1) is 10.5 Å². The Morgan fingerprint density at radius 1 is 1.37 bits per heavy atom. The molecule has 1 amide bonds. The number of nitro groups is 1. The number of carbonyl (C=O) groups is 1. The van der Waals surface area contributed by atoms with Crippen molar-refractivity contribution in [1.29, 1.82) is 0 Å². The number of anilines is 1. The van der Waals surface area contributed by atoms with Crippen LogP contribution in [0, 0.1) is 10.1 Å². The second-order valence-electron chi connectivity index (χ2n) is 7.04. The van der Waals surface area contributed by atoms with E-state index in [2.05, 4.69) is 29.4 Å². The lowest BCUT2D eigenvalue weighted by Gasteiger charge is -2.30.